The van der Waals surface area contributed by atoms with Crippen LogP contribution in [0.4, 0.5) is 0 Å². The second kappa shape index (κ2) is 8.54. The van der Waals surface area contributed by atoms with Crippen molar-refractivity contribution in [3.63, 3.8) is 0 Å². The van der Waals surface area contributed by atoms with Crippen molar-refractivity contribution in [1.29, 1.82) is 0 Å². The molecule has 2 N–H and O–H groups in total. The van der Waals surface area contributed by atoms with E-state index in [1.807, 2.05) is 6.07 Å². The molecule has 0 spiro atoms. The van der Waals surface area contributed by atoms with Crippen molar-refractivity contribution in [2.75, 3.05) is 20.2 Å². The number of amides is 1. The first-order valence-electron chi connectivity index (χ1n) is 7.83. The number of benzene rings is 1. The summed E-state index contributed by atoms with van der Waals surface area (Å²) in [6, 6.07) is 7.13. The molecule has 0 atom stereocenters. The maximum Gasteiger partial charge on any atom is 0.337 e. The number of methoxy groups -OCH3 is 1. The Bertz CT molecular complexity index is 510. The highest BCUT2D eigenvalue weighted by molar-refractivity contribution is 5.89. The van der Waals surface area contributed by atoms with Gasteiger partial charge in [0.1, 0.15) is 0 Å². The molecule has 0 radical (unpaired) electrons. The Morgan fingerprint density at radius 2 is 2.09 bits per heavy atom. The third kappa shape index (κ3) is 5.15. The number of hydrogen-bond donors (Lipinski definition) is 2. The van der Waals surface area contributed by atoms with Crippen LogP contribution >= 0.6 is 0 Å². The van der Waals surface area contributed by atoms with Crippen LogP contribution in [0.15, 0.2) is 24.3 Å². The van der Waals surface area contributed by atoms with Crippen molar-refractivity contribution >= 4 is 11.9 Å². The van der Waals surface area contributed by atoms with Gasteiger partial charge in [-0.05, 0) is 56.0 Å². The van der Waals surface area contributed by atoms with Crippen LogP contribution in [-0.4, -0.2) is 32.1 Å². The molecule has 0 bridgehead atoms. The fourth-order valence-corrected chi connectivity index (χ4v) is 2.72. The lowest BCUT2D eigenvalue weighted by Crippen LogP contribution is -2.29. The number of esters is 1. The lowest BCUT2D eigenvalue weighted by molar-refractivity contribution is -0.121. The van der Waals surface area contributed by atoms with Crippen LogP contribution in [0.25, 0.3) is 0 Å². The summed E-state index contributed by atoms with van der Waals surface area (Å²) in [5.41, 5.74) is 1.40. The fourth-order valence-electron chi connectivity index (χ4n) is 2.72. The number of nitrogens with one attached hydrogen (secondary N) is 2. The van der Waals surface area contributed by atoms with Gasteiger partial charge in [0.15, 0.2) is 0 Å². The van der Waals surface area contributed by atoms with Gasteiger partial charge in [0, 0.05) is 13.0 Å². The zero-order chi connectivity index (χ0) is 15.8. The summed E-state index contributed by atoms with van der Waals surface area (Å²) in [6.45, 7) is 2.56. The van der Waals surface area contributed by atoms with Gasteiger partial charge in [0.25, 0.3) is 0 Å². The number of hydrogen-bond acceptors (Lipinski definition) is 4. The zero-order valence-corrected chi connectivity index (χ0v) is 13.1. The second-order valence-electron chi connectivity index (χ2n) is 5.70. The molecule has 2 rings (SSSR count). The Kier molecular flexibility index (Phi) is 6.40. The standard InChI is InChI=1S/C17H24N2O3/c1-22-17(21)15-4-2-3-14(11-15)12-19-16(20)6-5-13-7-9-18-10-8-13/h2-4,11,13,18H,5-10,12H2,1H3,(H,19,20). The molecule has 1 aromatic rings. The van der Waals surface area contributed by atoms with Crippen LogP contribution in [0.3, 0.4) is 0 Å². The fraction of sp³-hybridized carbons (Fsp3) is 0.529. The molecule has 1 aliphatic heterocycles. The monoisotopic (exact) mass is 304 g/mol. The minimum Gasteiger partial charge on any atom is -0.465 e. The average molecular weight is 304 g/mol. The van der Waals surface area contributed by atoms with Crippen molar-refractivity contribution in [3.8, 4) is 0 Å². The molecule has 5 nitrogen and oxygen atoms in total. The van der Waals surface area contributed by atoms with Gasteiger partial charge in [-0.15, -0.1) is 0 Å². The van der Waals surface area contributed by atoms with Gasteiger partial charge < -0.3 is 15.4 Å². The Labute approximate surface area is 131 Å². The highest BCUT2D eigenvalue weighted by Gasteiger charge is 2.14. The van der Waals surface area contributed by atoms with E-state index in [0.29, 0.717) is 24.4 Å². The molecule has 0 unspecified atom stereocenters. The van der Waals surface area contributed by atoms with Gasteiger partial charge in [-0.25, -0.2) is 4.79 Å². The van der Waals surface area contributed by atoms with E-state index in [4.69, 9.17) is 4.74 Å². The van der Waals surface area contributed by atoms with Gasteiger partial charge in [0.2, 0.25) is 5.91 Å². The molecule has 0 aliphatic carbocycles. The molecule has 1 aliphatic rings. The van der Waals surface area contributed by atoms with E-state index in [1.54, 1.807) is 18.2 Å². The minimum absolute atomic E-state index is 0.0713. The largest absolute Gasteiger partial charge is 0.465 e. The summed E-state index contributed by atoms with van der Waals surface area (Å²) in [5, 5.41) is 6.25. The van der Waals surface area contributed by atoms with Gasteiger partial charge in [-0.3, -0.25) is 4.79 Å². The van der Waals surface area contributed by atoms with E-state index in [-0.39, 0.29) is 11.9 Å². The Balaban J connectivity index is 1.74. The smallest absolute Gasteiger partial charge is 0.337 e. The van der Waals surface area contributed by atoms with Crippen LogP contribution in [0.1, 0.15) is 41.6 Å². The molecule has 120 valence electrons. The highest BCUT2D eigenvalue weighted by atomic mass is 16.5. The van der Waals surface area contributed by atoms with Crippen molar-refractivity contribution in [2.24, 2.45) is 5.92 Å². The topological polar surface area (TPSA) is 67.4 Å². The maximum atomic E-state index is 11.9. The quantitative estimate of drug-likeness (QED) is 0.787. The van der Waals surface area contributed by atoms with E-state index in [0.717, 1.165) is 37.9 Å². The minimum atomic E-state index is -0.362. The lowest BCUT2D eigenvalue weighted by Gasteiger charge is -2.22. The molecular formula is C17H24N2O3. The summed E-state index contributed by atoms with van der Waals surface area (Å²) in [4.78, 5) is 23.4. The molecule has 0 saturated carbocycles. The predicted octanol–water partition coefficient (Wildman–Crippen LogP) is 1.87. The molecule has 5 heteroatoms. The van der Waals surface area contributed by atoms with Crippen molar-refractivity contribution < 1.29 is 14.3 Å². The van der Waals surface area contributed by atoms with E-state index in [1.165, 1.54) is 7.11 Å². The molecule has 22 heavy (non-hydrogen) atoms. The summed E-state index contributed by atoms with van der Waals surface area (Å²) < 4.78 is 4.69. The molecular weight excluding hydrogens is 280 g/mol. The number of carbonyl (C=O) groups excluding carboxylic acids is 2. The lowest BCUT2D eigenvalue weighted by atomic mass is 9.93. The first-order chi connectivity index (χ1) is 10.7. The normalized spacial score (nSPS) is 15.3. The third-order valence-electron chi connectivity index (χ3n) is 4.08. The summed E-state index contributed by atoms with van der Waals surface area (Å²) in [6.07, 6.45) is 3.85. The van der Waals surface area contributed by atoms with E-state index >= 15 is 0 Å². The van der Waals surface area contributed by atoms with Crippen molar-refractivity contribution in [3.05, 3.63) is 35.4 Å². The first-order valence-corrected chi connectivity index (χ1v) is 7.83. The molecule has 1 fully saturated rings. The number of carbonyl (C=O) groups is 2. The van der Waals surface area contributed by atoms with Gasteiger partial charge in [-0.2, -0.15) is 0 Å². The Morgan fingerprint density at radius 3 is 2.82 bits per heavy atom. The van der Waals surface area contributed by atoms with Crippen LogP contribution in [-0.2, 0) is 16.1 Å². The number of ether oxygens (including phenoxy) is 1. The van der Waals surface area contributed by atoms with Crippen molar-refractivity contribution in [2.45, 2.75) is 32.2 Å². The van der Waals surface area contributed by atoms with Crippen LogP contribution < -0.4 is 10.6 Å². The van der Waals surface area contributed by atoms with Crippen LogP contribution in [0.5, 0.6) is 0 Å². The van der Waals surface area contributed by atoms with Crippen LogP contribution in [0, 0.1) is 5.92 Å². The van der Waals surface area contributed by atoms with E-state index in [9.17, 15) is 9.59 Å². The molecule has 1 amide bonds. The van der Waals surface area contributed by atoms with Crippen molar-refractivity contribution in [1.82, 2.24) is 10.6 Å². The maximum absolute atomic E-state index is 11.9. The van der Waals surface area contributed by atoms with Gasteiger partial charge >= 0.3 is 5.97 Å². The first kappa shape index (κ1) is 16.5. The Morgan fingerprint density at radius 1 is 1.32 bits per heavy atom. The predicted molar refractivity (Wildman–Crippen MR) is 84.5 cm³/mol. The van der Waals surface area contributed by atoms with E-state index < -0.39 is 0 Å². The van der Waals surface area contributed by atoms with Crippen LogP contribution in [0.2, 0.25) is 0 Å². The second-order valence-corrected chi connectivity index (χ2v) is 5.70. The third-order valence-corrected chi connectivity index (χ3v) is 4.08. The molecule has 1 heterocycles. The summed E-state index contributed by atoms with van der Waals surface area (Å²) in [5.74, 6) is 0.371. The summed E-state index contributed by atoms with van der Waals surface area (Å²) >= 11 is 0. The molecule has 1 aromatic carbocycles. The Hall–Kier alpha value is -1.88. The molecule has 1 saturated heterocycles. The number of piperidine rings is 1. The molecule has 0 aromatic heterocycles. The summed E-state index contributed by atoms with van der Waals surface area (Å²) in [7, 11) is 1.36. The van der Waals surface area contributed by atoms with Gasteiger partial charge in [0.05, 0.1) is 12.7 Å². The average Bonchev–Trinajstić information content (AvgIpc) is 2.58. The van der Waals surface area contributed by atoms with E-state index in [2.05, 4.69) is 10.6 Å². The number of rotatable bonds is 6. The zero-order valence-electron chi connectivity index (χ0n) is 13.1. The highest BCUT2D eigenvalue weighted by Crippen LogP contribution is 2.17. The SMILES string of the molecule is COC(=O)c1cccc(CNC(=O)CCC2CCNCC2)c1. The van der Waals surface area contributed by atoms with Gasteiger partial charge in [-0.1, -0.05) is 12.1 Å².